The van der Waals surface area contributed by atoms with Gasteiger partial charge in [-0.3, -0.25) is 9.48 Å². The van der Waals surface area contributed by atoms with Crippen LogP contribution in [0.2, 0.25) is 5.02 Å². The molecule has 4 nitrogen and oxygen atoms in total. The summed E-state index contributed by atoms with van der Waals surface area (Å²) >= 11 is 6.20. The number of rotatable bonds is 4. The first-order valence-electron chi connectivity index (χ1n) is 8.20. The molecule has 1 amide bonds. The first-order valence-corrected chi connectivity index (χ1v) is 8.58. The Morgan fingerprint density at radius 3 is 2.71 bits per heavy atom. The van der Waals surface area contributed by atoms with Gasteiger partial charge in [-0.05, 0) is 49.8 Å². The smallest absolute Gasteiger partial charge is 0.271 e. The normalized spacial score (nSPS) is 20.3. The second-order valence-electron chi connectivity index (χ2n) is 6.47. The van der Waals surface area contributed by atoms with E-state index in [1.165, 1.54) is 16.8 Å². The van der Waals surface area contributed by atoms with Crippen molar-refractivity contribution in [3.8, 4) is 0 Å². The number of aryl methyl sites for hydroxylation is 2. The van der Waals surface area contributed by atoms with Crippen LogP contribution in [-0.2, 0) is 13.5 Å². The topological polar surface area (TPSA) is 46.9 Å². The van der Waals surface area contributed by atoms with Crippen LogP contribution in [0.25, 0.3) is 0 Å². The number of carbonyl (C=O) groups excluding carboxylic acids is 1. The SMILES string of the molecule is Cc1nn(C)c(C(=O)N[C@H]2CCC[C@H]2Cc2ccc(F)cc2)c1Cl. The third-order valence-corrected chi connectivity index (χ3v) is 5.20. The number of hydrogen-bond acceptors (Lipinski definition) is 2. The van der Waals surface area contributed by atoms with Crippen molar-refractivity contribution >= 4 is 17.5 Å². The van der Waals surface area contributed by atoms with Crippen molar-refractivity contribution in [1.29, 1.82) is 0 Å². The van der Waals surface area contributed by atoms with Gasteiger partial charge in [-0.15, -0.1) is 0 Å². The number of amides is 1. The van der Waals surface area contributed by atoms with Gasteiger partial charge < -0.3 is 5.32 Å². The van der Waals surface area contributed by atoms with E-state index in [9.17, 15) is 9.18 Å². The highest BCUT2D eigenvalue weighted by Gasteiger charge is 2.30. The van der Waals surface area contributed by atoms with E-state index in [1.807, 2.05) is 12.1 Å². The van der Waals surface area contributed by atoms with Gasteiger partial charge in [0.2, 0.25) is 0 Å². The molecule has 6 heteroatoms. The maximum Gasteiger partial charge on any atom is 0.271 e. The van der Waals surface area contributed by atoms with Gasteiger partial charge in [-0.2, -0.15) is 5.10 Å². The van der Waals surface area contributed by atoms with Crippen molar-refractivity contribution in [1.82, 2.24) is 15.1 Å². The minimum atomic E-state index is -0.226. The van der Waals surface area contributed by atoms with E-state index < -0.39 is 0 Å². The molecule has 1 heterocycles. The molecule has 24 heavy (non-hydrogen) atoms. The second kappa shape index (κ2) is 6.93. The maximum absolute atomic E-state index is 13.0. The summed E-state index contributed by atoms with van der Waals surface area (Å²) in [6.07, 6.45) is 3.92. The molecule has 1 aromatic carbocycles. The Morgan fingerprint density at radius 1 is 1.38 bits per heavy atom. The van der Waals surface area contributed by atoms with E-state index in [0.717, 1.165) is 31.2 Å². The van der Waals surface area contributed by atoms with Gasteiger partial charge in [0.05, 0.1) is 10.7 Å². The van der Waals surface area contributed by atoms with Crippen molar-refractivity contribution in [2.45, 2.75) is 38.6 Å². The first-order chi connectivity index (χ1) is 11.5. The van der Waals surface area contributed by atoms with Crippen LogP contribution in [0.5, 0.6) is 0 Å². The summed E-state index contributed by atoms with van der Waals surface area (Å²) in [5.74, 6) is -0.0529. The number of nitrogens with one attached hydrogen (secondary N) is 1. The van der Waals surface area contributed by atoms with E-state index in [2.05, 4.69) is 10.4 Å². The zero-order chi connectivity index (χ0) is 17.3. The summed E-state index contributed by atoms with van der Waals surface area (Å²) in [4.78, 5) is 12.6. The molecule has 128 valence electrons. The fourth-order valence-corrected chi connectivity index (χ4v) is 3.76. The largest absolute Gasteiger partial charge is 0.348 e. The Bertz CT molecular complexity index is 741. The van der Waals surface area contributed by atoms with E-state index in [1.54, 1.807) is 14.0 Å². The Kier molecular flexibility index (Phi) is 4.90. The minimum Gasteiger partial charge on any atom is -0.348 e. The van der Waals surface area contributed by atoms with E-state index >= 15 is 0 Å². The van der Waals surface area contributed by atoms with Crippen LogP contribution in [0.4, 0.5) is 4.39 Å². The monoisotopic (exact) mass is 349 g/mol. The average Bonchev–Trinajstić information content (AvgIpc) is 3.06. The second-order valence-corrected chi connectivity index (χ2v) is 6.85. The lowest BCUT2D eigenvalue weighted by molar-refractivity contribution is 0.0918. The molecular weight excluding hydrogens is 329 g/mol. The van der Waals surface area contributed by atoms with Crippen molar-refractivity contribution < 1.29 is 9.18 Å². The molecule has 1 fully saturated rings. The van der Waals surface area contributed by atoms with Crippen LogP contribution in [0.15, 0.2) is 24.3 Å². The highest BCUT2D eigenvalue weighted by atomic mass is 35.5. The molecule has 3 rings (SSSR count). The summed E-state index contributed by atoms with van der Waals surface area (Å²) in [6, 6.07) is 6.70. The first kappa shape index (κ1) is 17.0. The molecule has 1 saturated carbocycles. The summed E-state index contributed by atoms with van der Waals surface area (Å²) < 4.78 is 14.6. The average molecular weight is 350 g/mol. The van der Waals surface area contributed by atoms with Crippen LogP contribution >= 0.6 is 11.6 Å². The molecule has 0 saturated heterocycles. The lowest BCUT2D eigenvalue weighted by Gasteiger charge is -2.21. The number of benzene rings is 1. The molecule has 0 aliphatic heterocycles. The van der Waals surface area contributed by atoms with Crippen LogP contribution in [0.3, 0.4) is 0 Å². The quantitative estimate of drug-likeness (QED) is 0.915. The van der Waals surface area contributed by atoms with E-state index in [4.69, 9.17) is 11.6 Å². The summed E-state index contributed by atoms with van der Waals surface area (Å²) in [5, 5.41) is 7.71. The third-order valence-electron chi connectivity index (χ3n) is 4.75. The molecule has 2 aromatic rings. The standard InChI is InChI=1S/C18H21ClFN3O/c1-11-16(19)17(23(2)22-11)18(24)21-15-5-3-4-13(15)10-12-6-8-14(20)9-7-12/h6-9,13,15H,3-5,10H2,1-2H3,(H,21,24)/t13-,15-/m0/s1. The number of nitrogens with zero attached hydrogens (tertiary/aromatic N) is 2. The Hall–Kier alpha value is -1.88. The fraction of sp³-hybridized carbons (Fsp3) is 0.444. The Balaban J connectivity index is 1.69. The summed E-state index contributed by atoms with van der Waals surface area (Å²) in [5.41, 5.74) is 2.15. The van der Waals surface area contributed by atoms with Gasteiger partial charge >= 0.3 is 0 Å². The number of aromatic nitrogens is 2. The molecule has 1 aliphatic carbocycles. The molecule has 0 unspecified atom stereocenters. The van der Waals surface area contributed by atoms with Gasteiger partial charge in [0.1, 0.15) is 11.5 Å². The van der Waals surface area contributed by atoms with Crippen LogP contribution in [0, 0.1) is 18.7 Å². The fourth-order valence-electron chi connectivity index (χ4n) is 3.51. The highest BCUT2D eigenvalue weighted by molar-refractivity contribution is 6.34. The Morgan fingerprint density at radius 2 is 2.08 bits per heavy atom. The van der Waals surface area contributed by atoms with E-state index in [-0.39, 0.29) is 17.8 Å². The van der Waals surface area contributed by atoms with Crippen molar-refractivity contribution in [3.05, 3.63) is 52.1 Å². The number of carbonyl (C=O) groups is 1. The Labute approximate surface area is 146 Å². The zero-order valence-corrected chi connectivity index (χ0v) is 14.6. The predicted molar refractivity (Wildman–Crippen MR) is 91.7 cm³/mol. The van der Waals surface area contributed by atoms with Gasteiger partial charge in [-0.1, -0.05) is 30.2 Å². The van der Waals surface area contributed by atoms with Crippen molar-refractivity contribution in [2.75, 3.05) is 0 Å². The van der Waals surface area contributed by atoms with Gasteiger partial charge in [0.15, 0.2) is 0 Å². The molecule has 1 N–H and O–H groups in total. The molecule has 0 radical (unpaired) electrons. The van der Waals surface area contributed by atoms with E-state index in [0.29, 0.717) is 22.3 Å². The zero-order valence-electron chi connectivity index (χ0n) is 13.9. The van der Waals surface area contributed by atoms with Gasteiger partial charge in [-0.25, -0.2) is 4.39 Å². The molecule has 0 bridgehead atoms. The minimum absolute atomic E-state index is 0.105. The molecule has 1 aliphatic rings. The van der Waals surface area contributed by atoms with Crippen molar-refractivity contribution in [2.24, 2.45) is 13.0 Å². The van der Waals surface area contributed by atoms with Gasteiger partial charge in [0, 0.05) is 13.1 Å². The van der Waals surface area contributed by atoms with Crippen LogP contribution < -0.4 is 5.32 Å². The maximum atomic E-state index is 13.0. The van der Waals surface area contributed by atoms with Crippen LogP contribution in [-0.4, -0.2) is 21.7 Å². The summed E-state index contributed by atoms with van der Waals surface area (Å²) in [7, 11) is 1.72. The van der Waals surface area contributed by atoms with Crippen molar-refractivity contribution in [3.63, 3.8) is 0 Å². The lowest BCUT2D eigenvalue weighted by atomic mass is 9.94. The predicted octanol–water partition coefficient (Wildman–Crippen LogP) is 3.66. The summed E-state index contributed by atoms with van der Waals surface area (Å²) in [6.45, 7) is 1.78. The number of hydrogen-bond donors (Lipinski definition) is 1. The van der Waals surface area contributed by atoms with Gasteiger partial charge in [0.25, 0.3) is 5.91 Å². The van der Waals surface area contributed by atoms with Crippen LogP contribution in [0.1, 0.15) is 41.0 Å². The number of halogens is 2. The molecule has 2 atom stereocenters. The lowest BCUT2D eigenvalue weighted by Crippen LogP contribution is -2.39. The molecule has 0 spiro atoms. The highest BCUT2D eigenvalue weighted by Crippen LogP contribution is 2.30. The third kappa shape index (κ3) is 3.46. The molecule has 1 aromatic heterocycles. The molecular formula is C18H21ClFN3O.